The van der Waals surface area contributed by atoms with Crippen LogP contribution < -0.4 is 9.30 Å². The SMILES string of the molecule is O=S(=O)(c1ccccc1)c1ccc(Oc2ccc(-[n+]3c(-c4ccccc4)cc(-c4ccccc4)cc3-c3ccccc3)cc2)cc1. The van der Waals surface area contributed by atoms with E-state index < -0.39 is 9.84 Å². The van der Waals surface area contributed by atoms with Gasteiger partial charge in [-0.1, -0.05) is 84.9 Å². The minimum absolute atomic E-state index is 0.221. The van der Waals surface area contributed by atoms with Crippen LogP contribution in [0.2, 0.25) is 0 Å². The van der Waals surface area contributed by atoms with Gasteiger partial charge in [-0.25, -0.2) is 8.42 Å². The van der Waals surface area contributed by atoms with E-state index in [2.05, 4.69) is 89.5 Å². The van der Waals surface area contributed by atoms with Crippen molar-refractivity contribution in [1.29, 1.82) is 0 Å². The van der Waals surface area contributed by atoms with E-state index in [1.54, 1.807) is 54.6 Å². The molecule has 0 fully saturated rings. The maximum Gasteiger partial charge on any atom is 0.219 e. The normalized spacial score (nSPS) is 11.2. The minimum atomic E-state index is -3.60. The van der Waals surface area contributed by atoms with E-state index in [4.69, 9.17) is 4.74 Å². The third-order valence-corrected chi connectivity index (χ3v) is 9.62. The van der Waals surface area contributed by atoms with Gasteiger partial charge in [0.05, 0.1) is 9.79 Å². The molecule has 7 aromatic rings. The summed E-state index contributed by atoms with van der Waals surface area (Å²) >= 11 is 0. The summed E-state index contributed by atoms with van der Waals surface area (Å²) in [5.74, 6) is 1.20. The van der Waals surface area contributed by atoms with Crippen LogP contribution in [0.5, 0.6) is 11.5 Å². The van der Waals surface area contributed by atoms with Crippen LogP contribution in [0.15, 0.2) is 192 Å². The Morgan fingerprint density at radius 2 is 0.783 bits per heavy atom. The molecule has 4 nitrogen and oxygen atoms in total. The van der Waals surface area contributed by atoms with Crippen LogP contribution in [-0.4, -0.2) is 8.42 Å². The van der Waals surface area contributed by atoms with Crippen LogP contribution in [-0.2, 0) is 9.84 Å². The number of hydrogen-bond donors (Lipinski definition) is 0. The van der Waals surface area contributed by atoms with Gasteiger partial charge in [-0.2, -0.15) is 4.57 Å². The smallest absolute Gasteiger partial charge is 0.219 e. The van der Waals surface area contributed by atoms with Crippen molar-refractivity contribution in [2.24, 2.45) is 0 Å². The number of pyridine rings is 1. The first kappa shape index (κ1) is 29.0. The molecule has 0 aliphatic rings. The van der Waals surface area contributed by atoms with E-state index in [-0.39, 0.29) is 9.79 Å². The molecule has 0 saturated heterocycles. The van der Waals surface area contributed by atoms with Crippen molar-refractivity contribution in [1.82, 2.24) is 0 Å². The molecular weight excluding hydrogens is 587 g/mol. The third kappa shape index (κ3) is 5.96. The molecule has 0 aliphatic carbocycles. The Kier molecular flexibility index (Phi) is 7.98. The summed E-state index contributed by atoms with van der Waals surface area (Å²) < 4.78 is 34.4. The highest BCUT2D eigenvalue weighted by Gasteiger charge is 2.25. The van der Waals surface area contributed by atoms with Crippen LogP contribution in [0.4, 0.5) is 0 Å². The van der Waals surface area contributed by atoms with Gasteiger partial charge in [0.25, 0.3) is 0 Å². The molecule has 0 aliphatic heterocycles. The maximum absolute atomic E-state index is 13.0. The minimum Gasteiger partial charge on any atom is -0.457 e. The van der Waals surface area contributed by atoms with E-state index in [0.29, 0.717) is 11.5 Å². The molecule has 1 heterocycles. The summed E-state index contributed by atoms with van der Waals surface area (Å²) in [5.41, 5.74) is 7.58. The number of ether oxygens (including phenoxy) is 1. The highest BCUT2D eigenvalue weighted by Crippen LogP contribution is 2.32. The molecule has 7 rings (SSSR count). The Morgan fingerprint density at radius 1 is 0.391 bits per heavy atom. The van der Waals surface area contributed by atoms with E-state index in [9.17, 15) is 8.42 Å². The third-order valence-electron chi connectivity index (χ3n) is 7.83. The highest BCUT2D eigenvalue weighted by atomic mass is 32.2. The first-order valence-electron chi connectivity index (χ1n) is 15.0. The van der Waals surface area contributed by atoms with Crippen LogP contribution in [0.1, 0.15) is 0 Å². The Balaban J connectivity index is 1.26. The fraction of sp³-hybridized carbons (Fsp3) is 0. The molecule has 6 aromatic carbocycles. The second-order valence-corrected chi connectivity index (χ2v) is 12.8. The number of nitrogens with zero attached hydrogens (tertiary/aromatic N) is 1. The lowest BCUT2D eigenvalue weighted by Gasteiger charge is -2.13. The van der Waals surface area contributed by atoms with Crippen molar-refractivity contribution in [3.8, 4) is 50.8 Å². The molecule has 46 heavy (non-hydrogen) atoms. The number of aromatic nitrogens is 1. The molecule has 0 spiro atoms. The average molecular weight is 617 g/mol. The van der Waals surface area contributed by atoms with Crippen molar-refractivity contribution in [3.05, 3.63) is 182 Å². The van der Waals surface area contributed by atoms with Crippen molar-refractivity contribution in [2.45, 2.75) is 9.79 Å². The summed E-state index contributed by atoms with van der Waals surface area (Å²) in [6, 6.07) is 58.7. The lowest BCUT2D eigenvalue weighted by Crippen LogP contribution is -2.36. The lowest BCUT2D eigenvalue weighted by atomic mass is 9.98. The van der Waals surface area contributed by atoms with Gasteiger partial charge in [0.15, 0.2) is 0 Å². The molecule has 0 unspecified atom stereocenters. The fourth-order valence-electron chi connectivity index (χ4n) is 5.54. The first-order chi connectivity index (χ1) is 22.6. The maximum atomic E-state index is 13.0. The summed E-state index contributed by atoms with van der Waals surface area (Å²) in [4.78, 5) is 0.483. The van der Waals surface area contributed by atoms with Gasteiger partial charge in [-0.3, -0.25) is 0 Å². The number of rotatable bonds is 8. The monoisotopic (exact) mass is 616 g/mol. The molecule has 0 atom stereocenters. The molecule has 5 heteroatoms. The first-order valence-corrected chi connectivity index (χ1v) is 16.5. The Bertz CT molecular complexity index is 2120. The van der Waals surface area contributed by atoms with Gasteiger partial charge in [-0.05, 0) is 83.9 Å². The number of hydrogen-bond acceptors (Lipinski definition) is 3. The van der Waals surface area contributed by atoms with Crippen LogP contribution in [0, 0.1) is 0 Å². The predicted molar refractivity (Wildman–Crippen MR) is 183 cm³/mol. The topological polar surface area (TPSA) is 47.3 Å². The van der Waals surface area contributed by atoms with E-state index >= 15 is 0 Å². The van der Waals surface area contributed by atoms with Crippen molar-refractivity contribution < 1.29 is 17.7 Å². The van der Waals surface area contributed by atoms with Crippen molar-refractivity contribution in [3.63, 3.8) is 0 Å². The van der Waals surface area contributed by atoms with Gasteiger partial charge in [0, 0.05) is 35.4 Å². The Hall–Kier alpha value is -5.78. The van der Waals surface area contributed by atoms with Gasteiger partial charge in [0.1, 0.15) is 11.5 Å². The summed E-state index contributed by atoms with van der Waals surface area (Å²) in [7, 11) is -3.60. The number of sulfone groups is 1. The number of benzene rings is 6. The van der Waals surface area contributed by atoms with Crippen LogP contribution in [0.3, 0.4) is 0 Å². The largest absolute Gasteiger partial charge is 0.457 e. The van der Waals surface area contributed by atoms with E-state index in [0.717, 1.165) is 39.3 Å². The molecule has 222 valence electrons. The van der Waals surface area contributed by atoms with Crippen LogP contribution >= 0.6 is 0 Å². The second-order valence-electron chi connectivity index (χ2n) is 10.8. The zero-order valence-corrected chi connectivity index (χ0v) is 25.7. The summed E-state index contributed by atoms with van der Waals surface area (Å²) in [6.45, 7) is 0. The summed E-state index contributed by atoms with van der Waals surface area (Å²) in [5, 5.41) is 0. The Labute approximate surface area is 269 Å². The summed E-state index contributed by atoms with van der Waals surface area (Å²) in [6.07, 6.45) is 0. The molecule has 0 N–H and O–H groups in total. The van der Waals surface area contributed by atoms with E-state index in [1.165, 1.54) is 0 Å². The molecule has 0 radical (unpaired) electrons. The molecule has 0 saturated carbocycles. The van der Waals surface area contributed by atoms with Gasteiger partial charge >= 0.3 is 0 Å². The average Bonchev–Trinajstić information content (AvgIpc) is 3.13. The van der Waals surface area contributed by atoms with Crippen molar-refractivity contribution >= 4 is 9.84 Å². The van der Waals surface area contributed by atoms with Gasteiger partial charge < -0.3 is 4.74 Å². The highest BCUT2D eigenvalue weighted by molar-refractivity contribution is 7.91. The lowest BCUT2D eigenvalue weighted by molar-refractivity contribution is -0.572. The second kappa shape index (κ2) is 12.7. The van der Waals surface area contributed by atoms with E-state index in [1.807, 2.05) is 42.5 Å². The molecular formula is C41H30NO3S+. The van der Waals surface area contributed by atoms with Crippen molar-refractivity contribution in [2.75, 3.05) is 0 Å². The molecule has 1 aromatic heterocycles. The van der Waals surface area contributed by atoms with Crippen LogP contribution in [0.25, 0.3) is 39.3 Å². The fourth-order valence-corrected chi connectivity index (χ4v) is 6.82. The van der Waals surface area contributed by atoms with Gasteiger partial charge in [0.2, 0.25) is 26.9 Å². The molecule has 0 amide bonds. The molecule has 0 bridgehead atoms. The predicted octanol–water partition coefficient (Wildman–Crippen LogP) is 9.59. The Morgan fingerprint density at radius 3 is 1.26 bits per heavy atom. The zero-order valence-electron chi connectivity index (χ0n) is 24.9. The quantitative estimate of drug-likeness (QED) is 0.160. The van der Waals surface area contributed by atoms with Gasteiger partial charge in [-0.15, -0.1) is 0 Å². The zero-order chi connectivity index (χ0) is 31.3. The standard InChI is InChI=1S/C41H30NO3S/c43-46(44,38-19-11-4-12-20-38)39-27-25-37(26-28-39)45-36-23-21-35(22-24-36)42-40(32-15-7-2-8-16-32)29-34(31-13-5-1-6-14-31)30-41(42)33-17-9-3-10-18-33/h1-30H/q+1.